The first-order chi connectivity index (χ1) is 10.0. The SMILES string of the molecule is CCCNC(Cc1csc(C)n1)C(C)(CC)N(CC)CC. The maximum atomic E-state index is 4.68. The number of likely N-dealkylation sites (N-methyl/N-ethyl adjacent to an activating group) is 1. The van der Waals surface area contributed by atoms with Gasteiger partial charge in [-0.15, -0.1) is 11.3 Å². The van der Waals surface area contributed by atoms with Crippen molar-refractivity contribution in [3.05, 3.63) is 16.1 Å². The van der Waals surface area contributed by atoms with Crippen molar-refractivity contribution in [2.24, 2.45) is 0 Å². The second kappa shape index (κ2) is 8.86. The van der Waals surface area contributed by atoms with Gasteiger partial charge in [-0.25, -0.2) is 4.98 Å². The quantitative estimate of drug-likeness (QED) is 0.711. The van der Waals surface area contributed by atoms with E-state index in [9.17, 15) is 0 Å². The molecule has 2 atom stereocenters. The number of thiazole rings is 1. The standard InChI is InChI=1S/C17H33N3S/c1-7-11-18-16(12-15-13-21-14(5)19-15)17(6,8-2)20(9-3)10-4/h13,16,18H,7-12H2,1-6H3. The zero-order valence-corrected chi connectivity index (χ0v) is 15.5. The average Bonchev–Trinajstić information content (AvgIpc) is 2.89. The Kier molecular flexibility index (Phi) is 7.85. The molecule has 1 N–H and O–H groups in total. The van der Waals surface area contributed by atoms with Gasteiger partial charge in [0.25, 0.3) is 0 Å². The molecule has 0 fully saturated rings. The van der Waals surface area contributed by atoms with E-state index in [4.69, 9.17) is 0 Å². The van der Waals surface area contributed by atoms with Gasteiger partial charge < -0.3 is 5.32 Å². The Labute approximate surface area is 135 Å². The van der Waals surface area contributed by atoms with E-state index in [0.29, 0.717) is 6.04 Å². The summed E-state index contributed by atoms with van der Waals surface area (Å²) in [6.45, 7) is 16.8. The molecule has 1 aromatic heterocycles. The highest BCUT2D eigenvalue weighted by molar-refractivity contribution is 7.09. The topological polar surface area (TPSA) is 28.2 Å². The van der Waals surface area contributed by atoms with Crippen LogP contribution in [0.3, 0.4) is 0 Å². The number of aryl methyl sites for hydroxylation is 1. The third-order valence-electron chi connectivity index (χ3n) is 4.67. The first kappa shape index (κ1) is 18.6. The molecule has 3 nitrogen and oxygen atoms in total. The first-order valence-corrected chi connectivity index (χ1v) is 9.29. The fourth-order valence-corrected chi connectivity index (χ4v) is 3.80. The number of rotatable bonds is 10. The van der Waals surface area contributed by atoms with Crippen molar-refractivity contribution in [2.75, 3.05) is 19.6 Å². The van der Waals surface area contributed by atoms with E-state index in [1.807, 2.05) is 0 Å². The van der Waals surface area contributed by atoms with Crippen molar-refractivity contribution >= 4 is 11.3 Å². The molecule has 1 aromatic rings. The van der Waals surface area contributed by atoms with Crippen LogP contribution in [0.5, 0.6) is 0 Å². The van der Waals surface area contributed by atoms with Crippen LogP contribution in [-0.4, -0.2) is 41.1 Å². The third-order valence-corrected chi connectivity index (χ3v) is 5.50. The Morgan fingerprint density at radius 2 is 1.95 bits per heavy atom. The zero-order valence-electron chi connectivity index (χ0n) is 14.7. The van der Waals surface area contributed by atoms with Crippen LogP contribution in [0.1, 0.15) is 58.2 Å². The summed E-state index contributed by atoms with van der Waals surface area (Å²) in [6, 6.07) is 0.448. The van der Waals surface area contributed by atoms with E-state index in [2.05, 4.69) is 62.1 Å². The molecule has 0 aliphatic carbocycles. The minimum atomic E-state index is 0.177. The fraction of sp³-hybridized carbons (Fsp3) is 0.824. The molecule has 0 bridgehead atoms. The highest BCUT2D eigenvalue weighted by Gasteiger charge is 2.36. The van der Waals surface area contributed by atoms with Gasteiger partial charge >= 0.3 is 0 Å². The molecule has 0 saturated carbocycles. The molecule has 122 valence electrons. The van der Waals surface area contributed by atoms with Gasteiger partial charge in [0, 0.05) is 23.4 Å². The highest BCUT2D eigenvalue weighted by Crippen LogP contribution is 2.26. The molecule has 0 aliphatic heterocycles. The van der Waals surface area contributed by atoms with E-state index in [-0.39, 0.29) is 5.54 Å². The predicted molar refractivity (Wildman–Crippen MR) is 94.3 cm³/mol. The lowest BCUT2D eigenvalue weighted by Gasteiger charge is -2.46. The maximum absolute atomic E-state index is 4.68. The second-order valence-corrected chi connectivity index (χ2v) is 7.01. The molecule has 1 heterocycles. The molecular formula is C17H33N3S. The lowest BCUT2D eigenvalue weighted by Crippen LogP contribution is -2.60. The highest BCUT2D eigenvalue weighted by atomic mass is 32.1. The van der Waals surface area contributed by atoms with Crippen LogP contribution >= 0.6 is 11.3 Å². The van der Waals surface area contributed by atoms with Gasteiger partial charge in [0.1, 0.15) is 0 Å². The van der Waals surface area contributed by atoms with Crippen LogP contribution in [0.15, 0.2) is 5.38 Å². The molecule has 0 aliphatic rings. The van der Waals surface area contributed by atoms with Gasteiger partial charge in [-0.1, -0.05) is 27.7 Å². The van der Waals surface area contributed by atoms with Crippen molar-refractivity contribution in [1.29, 1.82) is 0 Å². The maximum Gasteiger partial charge on any atom is 0.0897 e. The largest absolute Gasteiger partial charge is 0.312 e. The van der Waals surface area contributed by atoms with Crippen molar-refractivity contribution in [3.8, 4) is 0 Å². The van der Waals surface area contributed by atoms with Crippen LogP contribution in [0.25, 0.3) is 0 Å². The molecule has 1 rings (SSSR count). The Morgan fingerprint density at radius 3 is 2.38 bits per heavy atom. The normalized spacial score (nSPS) is 16.1. The van der Waals surface area contributed by atoms with E-state index in [1.165, 1.54) is 17.1 Å². The van der Waals surface area contributed by atoms with Gasteiger partial charge in [0.05, 0.1) is 10.7 Å². The Balaban J connectivity index is 2.96. The second-order valence-electron chi connectivity index (χ2n) is 5.95. The number of hydrogen-bond acceptors (Lipinski definition) is 4. The minimum absolute atomic E-state index is 0.177. The van der Waals surface area contributed by atoms with E-state index in [1.54, 1.807) is 11.3 Å². The van der Waals surface area contributed by atoms with Crippen LogP contribution in [0.4, 0.5) is 0 Å². The van der Waals surface area contributed by atoms with Gasteiger partial charge in [-0.2, -0.15) is 0 Å². The van der Waals surface area contributed by atoms with Crippen molar-refractivity contribution in [2.45, 2.75) is 72.4 Å². The molecule has 0 spiro atoms. The first-order valence-electron chi connectivity index (χ1n) is 8.41. The minimum Gasteiger partial charge on any atom is -0.312 e. The van der Waals surface area contributed by atoms with E-state index < -0.39 is 0 Å². The van der Waals surface area contributed by atoms with Crippen molar-refractivity contribution < 1.29 is 0 Å². The summed E-state index contributed by atoms with van der Waals surface area (Å²) >= 11 is 1.76. The third kappa shape index (κ3) is 4.76. The summed E-state index contributed by atoms with van der Waals surface area (Å²) in [5.41, 5.74) is 1.41. The molecule has 0 saturated heterocycles. The molecule has 0 aromatic carbocycles. The van der Waals surface area contributed by atoms with Crippen molar-refractivity contribution in [3.63, 3.8) is 0 Å². The summed E-state index contributed by atoms with van der Waals surface area (Å²) in [5, 5.41) is 7.17. The van der Waals surface area contributed by atoms with Gasteiger partial charge in [-0.05, 0) is 46.3 Å². The molecule has 0 radical (unpaired) electrons. The summed E-state index contributed by atoms with van der Waals surface area (Å²) in [7, 11) is 0. The number of aromatic nitrogens is 1. The molecular weight excluding hydrogens is 278 g/mol. The average molecular weight is 312 g/mol. The van der Waals surface area contributed by atoms with Crippen LogP contribution in [0, 0.1) is 6.92 Å². The van der Waals surface area contributed by atoms with Crippen LogP contribution in [-0.2, 0) is 6.42 Å². The smallest absolute Gasteiger partial charge is 0.0897 e. The summed E-state index contributed by atoms with van der Waals surface area (Å²) in [4.78, 5) is 7.27. The molecule has 0 amide bonds. The summed E-state index contributed by atoms with van der Waals surface area (Å²) in [5.74, 6) is 0. The Morgan fingerprint density at radius 1 is 1.29 bits per heavy atom. The molecule has 21 heavy (non-hydrogen) atoms. The van der Waals surface area contributed by atoms with E-state index >= 15 is 0 Å². The van der Waals surface area contributed by atoms with E-state index in [0.717, 1.165) is 32.5 Å². The summed E-state index contributed by atoms with van der Waals surface area (Å²) in [6.07, 6.45) is 3.34. The van der Waals surface area contributed by atoms with Crippen LogP contribution < -0.4 is 5.32 Å². The molecule has 4 heteroatoms. The van der Waals surface area contributed by atoms with Crippen LogP contribution in [0.2, 0.25) is 0 Å². The lowest BCUT2D eigenvalue weighted by molar-refractivity contribution is 0.0697. The van der Waals surface area contributed by atoms with Gasteiger partial charge in [-0.3, -0.25) is 4.90 Å². The Bertz CT molecular complexity index is 400. The van der Waals surface area contributed by atoms with Gasteiger partial charge in [0.2, 0.25) is 0 Å². The number of nitrogens with one attached hydrogen (secondary N) is 1. The monoisotopic (exact) mass is 311 g/mol. The lowest BCUT2D eigenvalue weighted by atomic mass is 9.84. The Hall–Kier alpha value is -0.450. The van der Waals surface area contributed by atoms with Gasteiger partial charge in [0.15, 0.2) is 0 Å². The number of nitrogens with zero attached hydrogens (tertiary/aromatic N) is 2. The predicted octanol–water partition coefficient (Wildman–Crippen LogP) is 3.87. The summed E-state index contributed by atoms with van der Waals surface area (Å²) < 4.78 is 0. The molecule has 2 unspecified atom stereocenters. The zero-order chi connectivity index (χ0) is 15.9. The van der Waals surface area contributed by atoms with Crippen molar-refractivity contribution in [1.82, 2.24) is 15.2 Å². The fourth-order valence-electron chi connectivity index (χ4n) is 3.18. The number of hydrogen-bond donors (Lipinski definition) is 1.